The molecule has 0 aromatic heterocycles. The number of rotatable bonds is 7. The van der Waals surface area contributed by atoms with E-state index in [1.54, 1.807) is 50.2 Å². The van der Waals surface area contributed by atoms with E-state index >= 15 is 0 Å². The summed E-state index contributed by atoms with van der Waals surface area (Å²) in [4.78, 5) is 26.6. The number of carbonyl (C=O) groups is 2. The highest BCUT2D eigenvalue weighted by molar-refractivity contribution is 5.98. The minimum Gasteiger partial charge on any atom is -0.497 e. The molecular weight excluding hydrogens is 366 g/mol. The lowest BCUT2D eigenvalue weighted by molar-refractivity contribution is -0.122. The van der Waals surface area contributed by atoms with Crippen LogP contribution < -0.4 is 15.4 Å². The highest BCUT2D eigenvalue weighted by atomic mass is 16.5. The molecule has 0 aliphatic heterocycles. The van der Waals surface area contributed by atoms with Gasteiger partial charge in [-0.25, -0.2) is 0 Å². The number of likely N-dealkylation sites (N-methyl/N-ethyl adjacent to an activating group) is 1. The number of carbonyl (C=O) groups excluding carboxylic acids is 2. The highest BCUT2D eigenvalue weighted by Crippen LogP contribution is 2.19. The van der Waals surface area contributed by atoms with Crippen molar-refractivity contribution in [1.29, 1.82) is 0 Å². The molecule has 0 bridgehead atoms. The predicted molar refractivity (Wildman–Crippen MR) is 116 cm³/mol. The van der Waals surface area contributed by atoms with E-state index < -0.39 is 6.04 Å². The maximum atomic E-state index is 12.6. The predicted octanol–water partition coefficient (Wildman–Crippen LogP) is 3.75. The molecule has 3 rings (SSSR count). The van der Waals surface area contributed by atoms with Crippen molar-refractivity contribution in [2.75, 3.05) is 31.3 Å². The molecular formula is C23H25N3O3. The molecule has 3 aromatic carbocycles. The zero-order chi connectivity index (χ0) is 20.8. The Kier molecular flexibility index (Phi) is 6.46. The van der Waals surface area contributed by atoms with E-state index in [9.17, 15) is 9.59 Å². The minimum atomic E-state index is -0.469. The quantitative estimate of drug-likeness (QED) is 0.644. The second-order valence-electron chi connectivity index (χ2n) is 6.92. The van der Waals surface area contributed by atoms with Crippen LogP contribution in [-0.4, -0.2) is 43.5 Å². The van der Waals surface area contributed by atoms with Crippen LogP contribution in [0.4, 0.5) is 11.4 Å². The van der Waals surface area contributed by atoms with Gasteiger partial charge in [-0.1, -0.05) is 30.3 Å². The summed E-state index contributed by atoms with van der Waals surface area (Å²) in [5.41, 5.74) is 1.41. The van der Waals surface area contributed by atoms with Crippen LogP contribution in [0.5, 0.6) is 5.75 Å². The number of amides is 2. The first-order valence-electron chi connectivity index (χ1n) is 9.40. The monoisotopic (exact) mass is 391 g/mol. The molecule has 0 aliphatic rings. The topological polar surface area (TPSA) is 70.7 Å². The van der Waals surface area contributed by atoms with E-state index in [1.807, 2.05) is 42.5 Å². The molecule has 0 radical (unpaired) electrons. The van der Waals surface area contributed by atoms with Gasteiger partial charge in [-0.3, -0.25) is 14.5 Å². The van der Waals surface area contributed by atoms with Crippen molar-refractivity contribution in [3.05, 3.63) is 66.7 Å². The largest absolute Gasteiger partial charge is 0.497 e. The van der Waals surface area contributed by atoms with Gasteiger partial charge in [-0.2, -0.15) is 0 Å². The van der Waals surface area contributed by atoms with Crippen molar-refractivity contribution in [3.63, 3.8) is 0 Å². The van der Waals surface area contributed by atoms with Crippen LogP contribution in [0, 0.1) is 0 Å². The standard InChI is InChI=1S/C23H25N3O3/c1-16(23(28)25-20-9-8-17-6-4-5-7-18(17)14-20)26(2)15-22(27)24-19-10-12-21(29-3)13-11-19/h4-14,16H,15H2,1-3H3,(H,24,27)(H,25,28)/t16-/m1/s1. The van der Waals surface area contributed by atoms with E-state index in [-0.39, 0.29) is 18.4 Å². The van der Waals surface area contributed by atoms with Gasteiger partial charge >= 0.3 is 0 Å². The summed E-state index contributed by atoms with van der Waals surface area (Å²) in [6, 6.07) is 20.4. The molecule has 0 unspecified atom stereocenters. The minimum absolute atomic E-state index is 0.0956. The van der Waals surface area contributed by atoms with Crippen LogP contribution in [-0.2, 0) is 9.59 Å². The summed E-state index contributed by atoms with van der Waals surface area (Å²) in [5.74, 6) is 0.363. The van der Waals surface area contributed by atoms with Gasteiger partial charge in [0.25, 0.3) is 0 Å². The van der Waals surface area contributed by atoms with E-state index in [0.29, 0.717) is 5.69 Å². The second-order valence-corrected chi connectivity index (χ2v) is 6.92. The normalized spacial score (nSPS) is 11.9. The van der Waals surface area contributed by atoms with Gasteiger partial charge in [0.05, 0.1) is 19.7 Å². The third kappa shape index (κ3) is 5.33. The number of methoxy groups -OCH3 is 1. The van der Waals surface area contributed by atoms with Crippen LogP contribution in [0.25, 0.3) is 10.8 Å². The Labute approximate surface area is 170 Å². The van der Waals surface area contributed by atoms with E-state index in [0.717, 1.165) is 22.2 Å². The van der Waals surface area contributed by atoms with Gasteiger partial charge in [0.15, 0.2) is 0 Å². The lowest BCUT2D eigenvalue weighted by Gasteiger charge is -2.23. The van der Waals surface area contributed by atoms with Crippen molar-refractivity contribution in [3.8, 4) is 5.75 Å². The summed E-state index contributed by atoms with van der Waals surface area (Å²) in [6.45, 7) is 1.87. The van der Waals surface area contributed by atoms with Crippen molar-refractivity contribution in [1.82, 2.24) is 4.90 Å². The first-order chi connectivity index (χ1) is 14.0. The molecule has 0 saturated carbocycles. The zero-order valence-electron chi connectivity index (χ0n) is 16.8. The Hall–Kier alpha value is -3.38. The van der Waals surface area contributed by atoms with Crippen molar-refractivity contribution < 1.29 is 14.3 Å². The summed E-state index contributed by atoms with van der Waals surface area (Å²) in [6.07, 6.45) is 0. The maximum absolute atomic E-state index is 12.6. The molecule has 2 N–H and O–H groups in total. The van der Waals surface area contributed by atoms with Crippen molar-refractivity contribution in [2.45, 2.75) is 13.0 Å². The van der Waals surface area contributed by atoms with Gasteiger partial charge in [0, 0.05) is 11.4 Å². The fourth-order valence-corrected chi connectivity index (χ4v) is 2.95. The van der Waals surface area contributed by atoms with E-state index in [4.69, 9.17) is 4.74 Å². The number of benzene rings is 3. The SMILES string of the molecule is COc1ccc(NC(=O)CN(C)[C@H](C)C(=O)Nc2ccc3ccccc3c2)cc1. The Bertz CT molecular complexity index is 1000. The zero-order valence-corrected chi connectivity index (χ0v) is 16.8. The van der Waals surface area contributed by atoms with Gasteiger partial charge in [0.2, 0.25) is 11.8 Å². The number of hydrogen-bond donors (Lipinski definition) is 2. The second kappa shape index (κ2) is 9.21. The highest BCUT2D eigenvalue weighted by Gasteiger charge is 2.20. The van der Waals surface area contributed by atoms with Gasteiger partial charge in [-0.05, 0) is 61.1 Å². The summed E-state index contributed by atoms with van der Waals surface area (Å²) in [7, 11) is 3.34. The lowest BCUT2D eigenvalue weighted by Crippen LogP contribution is -2.43. The summed E-state index contributed by atoms with van der Waals surface area (Å²) >= 11 is 0. The third-order valence-electron chi connectivity index (χ3n) is 4.82. The van der Waals surface area contributed by atoms with Crippen molar-refractivity contribution in [2.24, 2.45) is 0 Å². The Balaban J connectivity index is 1.55. The van der Waals surface area contributed by atoms with Crippen molar-refractivity contribution >= 4 is 34.0 Å². The molecule has 0 fully saturated rings. The molecule has 2 amide bonds. The smallest absolute Gasteiger partial charge is 0.241 e. The first-order valence-corrected chi connectivity index (χ1v) is 9.40. The fourth-order valence-electron chi connectivity index (χ4n) is 2.95. The molecule has 1 atom stereocenters. The Morgan fingerprint density at radius 2 is 1.59 bits per heavy atom. The van der Waals surface area contributed by atoms with Crippen LogP contribution in [0.2, 0.25) is 0 Å². The number of hydrogen-bond acceptors (Lipinski definition) is 4. The third-order valence-corrected chi connectivity index (χ3v) is 4.82. The molecule has 0 saturated heterocycles. The number of nitrogens with one attached hydrogen (secondary N) is 2. The van der Waals surface area contributed by atoms with E-state index in [2.05, 4.69) is 10.6 Å². The molecule has 0 heterocycles. The van der Waals surface area contributed by atoms with Crippen LogP contribution in [0.15, 0.2) is 66.7 Å². The van der Waals surface area contributed by atoms with Crippen LogP contribution in [0.3, 0.4) is 0 Å². The number of anilines is 2. The number of ether oxygens (including phenoxy) is 1. The Morgan fingerprint density at radius 3 is 2.28 bits per heavy atom. The number of nitrogens with zero attached hydrogens (tertiary/aromatic N) is 1. The lowest BCUT2D eigenvalue weighted by atomic mass is 10.1. The molecule has 150 valence electrons. The molecule has 6 nitrogen and oxygen atoms in total. The molecule has 6 heteroatoms. The van der Waals surface area contributed by atoms with Gasteiger partial charge < -0.3 is 15.4 Å². The van der Waals surface area contributed by atoms with Crippen LogP contribution >= 0.6 is 0 Å². The summed E-state index contributed by atoms with van der Waals surface area (Å²) < 4.78 is 5.10. The molecule has 3 aromatic rings. The summed E-state index contributed by atoms with van der Waals surface area (Å²) in [5, 5.41) is 7.92. The van der Waals surface area contributed by atoms with E-state index in [1.165, 1.54) is 0 Å². The average molecular weight is 391 g/mol. The number of fused-ring (bicyclic) bond motifs is 1. The molecule has 29 heavy (non-hydrogen) atoms. The fraction of sp³-hybridized carbons (Fsp3) is 0.217. The van der Waals surface area contributed by atoms with Gasteiger partial charge in [-0.15, -0.1) is 0 Å². The first kappa shape index (κ1) is 20.4. The molecule has 0 aliphatic carbocycles. The maximum Gasteiger partial charge on any atom is 0.241 e. The van der Waals surface area contributed by atoms with Gasteiger partial charge in [0.1, 0.15) is 5.75 Å². The molecule has 0 spiro atoms. The Morgan fingerprint density at radius 1 is 0.931 bits per heavy atom. The van der Waals surface area contributed by atoms with Crippen LogP contribution in [0.1, 0.15) is 6.92 Å². The average Bonchev–Trinajstić information content (AvgIpc) is 2.73.